The van der Waals surface area contributed by atoms with Crippen molar-refractivity contribution >= 4 is 17.7 Å². The molecule has 2 aromatic rings. The molecule has 0 saturated carbocycles. The van der Waals surface area contributed by atoms with Gasteiger partial charge in [0.05, 0.1) is 4.92 Å². The van der Waals surface area contributed by atoms with Crippen molar-refractivity contribution in [2.75, 3.05) is 0 Å². The maximum atomic E-state index is 12.1. The van der Waals surface area contributed by atoms with E-state index < -0.39 is 23.6 Å². The van der Waals surface area contributed by atoms with Crippen LogP contribution in [0.15, 0.2) is 54.6 Å². The fraction of sp³-hybridized carbons (Fsp3) is 0.167. The van der Waals surface area contributed by atoms with Gasteiger partial charge in [-0.15, -0.1) is 0 Å². The van der Waals surface area contributed by atoms with Crippen molar-refractivity contribution < 1.29 is 28.0 Å². The third kappa shape index (κ3) is 5.66. The van der Waals surface area contributed by atoms with Gasteiger partial charge in [-0.25, -0.2) is 4.79 Å². The number of hydrogen-bond acceptors (Lipinski definition) is 5. The molecule has 1 atom stereocenters. The van der Waals surface area contributed by atoms with Crippen LogP contribution in [0, 0.1) is 10.1 Å². The summed E-state index contributed by atoms with van der Waals surface area (Å²) in [6.07, 6.45) is 1.96. The van der Waals surface area contributed by atoms with E-state index in [2.05, 4.69) is 4.74 Å². The molecule has 0 heterocycles. The highest BCUT2D eigenvalue weighted by Crippen LogP contribution is 2.22. The molecule has 0 aliphatic rings. The Kier molecular flexibility index (Phi) is 6.37. The SMILES string of the molecule is C[C@H](OC(=O)/C=C/c1ccc(OC(F)F)cc1)c1cccc([N+](=O)[O-])c1. The molecule has 0 saturated heterocycles. The van der Waals surface area contributed by atoms with E-state index in [0.717, 1.165) is 0 Å². The highest BCUT2D eigenvalue weighted by Gasteiger charge is 2.13. The molecule has 0 unspecified atom stereocenters. The molecule has 0 amide bonds. The van der Waals surface area contributed by atoms with Crippen LogP contribution in [0.25, 0.3) is 6.08 Å². The predicted molar refractivity (Wildman–Crippen MR) is 89.7 cm³/mol. The third-order valence-corrected chi connectivity index (χ3v) is 3.36. The number of hydrogen-bond donors (Lipinski definition) is 0. The quantitative estimate of drug-likeness (QED) is 0.313. The molecule has 0 N–H and O–H groups in total. The minimum Gasteiger partial charge on any atom is -0.455 e. The fourth-order valence-corrected chi connectivity index (χ4v) is 2.10. The van der Waals surface area contributed by atoms with E-state index in [0.29, 0.717) is 11.1 Å². The summed E-state index contributed by atoms with van der Waals surface area (Å²) in [6.45, 7) is -1.30. The van der Waals surface area contributed by atoms with Crippen molar-refractivity contribution in [1.82, 2.24) is 0 Å². The minimum atomic E-state index is -2.90. The molecule has 0 fully saturated rings. The molecule has 0 radical (unpaired) electrons. The van der Waals surface area contributed by atoms with Crippen LogP contribution in [-0.2, 0) is 9.53 Å². The first kappa shape index (κ1) is 19.0. The lowest BCUT2D eigenvalue weighted by Gasteiger charge is -2.11. The molecule has 0 bridgehead atoms. The summed E-state index contributed by atoms with van der Waals surface area (Å²) in [5, 5.41) is 10.8. The number of rotatable bonds is 7. The van der Waals surface area contributed by atoms with Crippen molar-refractivity contribution in [3.63, 3.8) is 0 Å². The highest BCUT2D eigenvalue weighted by atomic mass is 19.3. The smallest absolute Gasteiger partial charge is 0.387 e. The number of esters is 1. The maximum absolute atomic E-state index is 12.1. The molecule has 2 rings (SSSR count). The van der Waals surface area contributed by atoms with Gasteiger partial charge in [0.15, 0.2) is 0 Å². The lowest BCUT2D eigenvalue weighted by atomic mass is 10.1. The maximum Gasteiger partial charge on any atom is 0.387 e. The van der Waals surface area contributed by atoms with E-state index in [4.69, 9.17) is 4.74 Å². The van der Waals surface area contributed by atoms with E-state index in [1.807, 2.05) is 0 Å². The second kappa shape index (κ2) is 8.70. The second-order valence-corrected chi connectivity index (χ2v) is 5.21. The molecule has 6 nitrogen and oxygen atoms in total. The number of nitro groups is 1. The van der Waals surface area contributed by atoms with Crippen LogP contribution in [0.2, 0.25) is 0 Å². The molecular formula is C18H15F2NO5. The van der Waals surface area contributed by atoms with Gasteiger partial charge < -0.3 is 9.47 Å². The van der Waals surface area contributed by atoms with E-state index >= 15 is 0 Å². The number of benzene rings is 2. The Morgan fingerprint density at radius 2 is 1.88 bits per heavy atom. The van der Waals surface area contributed by atoms with Crippen molar-refractivity contribution in [3.05, 3.63) is 75.8 Å². The average Bonchev–Trinajstić information content (AvgIpc) is 2.60. The number of non-ortho nitro benzene ring substituents is 1. The van der Waals surface area contributed by atoms with Gasteiger partial charge in [-0.2, -0.15) is 8.78 Å². The zero-order valence-corrected chi connectivity index (χ0v) is 13.7. The summed E-state index contributed by atoms with van der Waals surface area (Å²) in [5.74, 6) is -0.629. The van der Waals surface area contributed by atoms with Crippen molar-refractivity contribution in [2.24, 2.45) is 0 Å². The first-order valence-corrected chi connectivity index (χ1v) is 7.53. The Balaban J connectivity index is 1.96. The number of carbonyl (C=O) groups excluding carboxylic acids is 1. The lowest BCUT2D eigenvalue weighted by molar-refractivity contribution is -0.385. The molecule has 0 spiro atoms. The van der Waals surface area contributed by atoms with E-state index in [-0.39, 0.29) is 11.4 Å². The van der Waals surface area contributed by atoms with Gasteiger partial charge in [-0.1, -0.05) is 24.3 Å². The summed E-state index contributed by atoms with van der Waals surface area (Å²) >= 11 is 0. The van der Waals surface area contributed by atoms with E-state index in [9.17, 15) is 23.7 Å². The molecule has 26 heavy (non-hydrogen) atoms. The number of carbonyl (C=O) groups is 1. The Morgan fingerprint density at radius 3 is 2.50 bits per heavy atom. The van der Waals surface area contributed by atoms with Crippen molar-refractivity contribution in [2.45, 2.75) is 19.6 Å². The van der Waals surface area contributed by atoms with Gasteiger partial charge in [0, 0.05) is 18.2 Å². The van der Waals surface area contributed by atoms with Crippen LogP contribution >= 0.6 is 0 Å². The number of ether oxygens (including phenoxy) is 2. The van der Waals surface area contributed by atoms with Crippen LogP contribution in [-0.4, -0.2) is 17.5 Å². The van der Waals surface area contributed by atoms with Gasteiger partial charge >= 0.3 is 12.6 Å². The Hall–Kier alpha value is -3.29. The normalized spacial score (nSPS) is 12.2. The van der Waals surface area contributed by atoms with Crippen LogP contribution in [0.3, 0.4) is 0 Å². The summed E-state index contributed by atoms with van der Waals surface area (Å²) in [5.41, 5.74) is 0.994. The van der Waals surface area contributed by atoms with Crippen molar-refractivity contribution in [1.29, 1.82) is 0 Å². The van der Waals surface area contributed by atoms with E-state index in [1.165, 1.54) is 54.6 Å². The predicted octanol–water partition coefficient (Wildman–Crippen LogP) is 4.51. The second-order valence-electron chi connectivity index (χ2n) is 5.21. The number of halogens is 2. The standard InChI is InChI=1S/C18H15F2NO5/c1-12(14-3-2-4-15(11-14)21(23)24)25-17(22)10-7-13-5-8-16(9-6-13)26-18(19)20/h2-12,18H,1H3/b10-7+/t12-/m0/s1. The first-order chi connectivity index (χ1) is 12.3. The molecule has 0 aliphatic heterocycles. The summed E-state index contributed by atoms with van der Waals surface area (Å²) < 4.78 is 33.6. The summed E-state index contributed by atoms with van der Waals surface area (Å²) in [4.78, 5) is 22.1. The summed E-state index contributed by atoms with van der Waals surface area (Å²) in [7, 11) is 0. The Bertz CT molecular complexity index is 805. The van der Waals surface area contributed by atoms with Crippen LogP contribution < -0.4 is 4.74 Å². The number of nitro benzene ring substituents is 1. The third-order valence-electron chi connectivity index (χ3n) is 3.36. The molecule has 8 heteroatoms. The van der Waals surface area contributed by atoms with Gasteiger partial charge in [0.25, 0.3) is 5.69 Å². The Morgan fingerprint density at radius 1 is 1.19 bits per heavy atom. The fourth-order valence-electron chi connectivity index (χ4n) is 2.10. The lowest BCUT2D eigenvalue weighted by Crippen LogP contribution is -2.06. The van der Waals surface area contributed by atoms with Gasteiger partial charge in [0.1, 0.15) is 11.9 Å². The monoisotopic (exact) mass is 363 g/mol. The molecule has 0 aromatic heterocycles. The van der Waals surface area contributed by atoms with Crippen LogP contribution in [0.5, 0.6) is 5.75 Å². The zero-order valence-electron chi connectivity index (χ0n) is 13.7. The Labute approximate surface area is 147 Å². The summed E-state index contributed by atoms with van der Waals surface area (Å²) in [6, 6.07) is 11.5. The average molecular weight is 363 g/mol. The zero-order chi connectivity index (χ0) is 19.1. The highest BCUT2D eigenvalue weighted by molar-refractivity contribution is 5.87. The van der Waals surface area contributed by atoms with Crippen LogP contribution in [0.1, 0.15) is 24.2 Å². The number of nitrogens with zero attached hydrogens (tertiary/aromatic N) is 1. The van der Waals surface area contributed by atoms with Crippen molar-refractivity contribution in [3.8, 4) is 5.75 Å². The van der Waals surface area contributed by atoms with E-state index in [1.54, 1.807) is 13.0 Å². The molecule has 0 aliphatic carbocycles. The molecular weight excluding hydrogens is 348 g/mol. The minimum absolute atomic E-state index is 0.0130. The number of alkyl halides is 2. The largest absolute Gasteiger partial charge is 0.455 e. The molecule has 136 valence electrons. The van der Waals surface area contributed by atoms with Gasteiger partial charge in [0.2, 0.25) is 0 Å². The first-order valence-electron chi connectivity index (χ1n) is 7.53. The van der Waals surface area contributed by atoms with Gasteiger partial charge in [-0.3, -0.25) is 10.1 Å². The van der Waals surface area contributed by atoms with Crippen LogP contribution in [0.4, 0.5) is 14.5 Å². The van der Waals surface area contributed by atoms with Gasteiger partial charge in [-0.05, 0) is 36.3 Å². The molecule has 2 aromatic carbocycles. The topological polar surface area (TPSA) is 78.7 Å².